The van der Waals surface area contributed by atoms with Crippen molar-refractivity contribution < 1.29 is 9.63 Å². The first kappa shape index (κ1) is 11.5. The average Bonchev–Trinajstić information content (AvgIpc) is 2.25. The Kier molecular flexibility index (Phi) is 5.60. The number of unbranched alkanes of at least 4 members (excludes halogenated alkanes) is 1. The van der Waals surface area contributed by atoms with Crippen molar-refractivity contribution in [2.75, 3.05) is 6.54 Å². The molecule has 0 radical (unpaired) electrons. The van der Waals surface area contributed by atoms with Gasteiger partial charge in [-0.05, 0) is 19.3 Å². The van der Waals surface area contributed by atoms with Crippen LogP contribution in [0.4, 0.5) is 0 Å². The maximum atomic E-state index is 11.5. The Morgan fingerprint density at radius 1 is 1.36 bits per heavy atom. The topological polar surface area (TPSA) is 38.3 Å². The summed E-state index contributed by atoms with van der Waals surface area (Å²) in [5, 5.41) is 0. The molecule has 0 saturated heterocycles. The first-order valence-corrected chi connectivity index (χ1v) is 5.78. The van der Waals surface area contributed by atoms with Crippen LogP contribution in [0.25, 0.3) is 0 Å². The van der Waals surface area contributed by atoms with E-state index >= 15 is 0 Å². The summed E-state index contributed by atoms with van der Waals surface area (Å²) < 4.78 is 0. The van der Waals surface area contributed by atoms with Crippen molar-refractivity contribution in [1.82, 2.24) is 5.48 Å². The molecule has 0 aromatic carbocycles. The van der Waals surface area contributed by atoms with Gasteiger partial charge >= 0.3 is 5.97 Å². The van der Waals surface area contributed by atoms with Gasteiger partial charge in [0.05, 0.1) is 5.92 Å². The molecule has 3 heteroatoms. The van der Waals surface area contributed by atoms with Crippen LogP contribution in [0.2, 0.25) is 0 Å². The molecule has 0 unspecified atom stereocenters. The molecule has 0 heterocycles. The van der Waals surface area contributed by atoms with Crippen LogP contribution in [-0.2, 0) is 9.63 Å². The number of hydroxylamine groups is 1. The zero-order valence-corrected chi connectivity index (χ0v) is 9.05. The number of carbonyl (C=O) groups excluding carboxylic acids is 1. The highest BCUT2D eigenvalue weighted by molar-refractivity contribution is 5.72. The fourth-order valence-corrected chi connectivity index (χ4v) is 1.79. The van der Waals surface area contributed by atoms with Crippen molar-refractivity contribution in [3.05, 3.63) is 0 Å². The van der Waals surface area contributed by atoms with Gasteiger partial charge in [-0.15, -0.1) is 0 Å². The third-order valence-corrected chi connectivity index (χ3v) is 2.74. The highest BCUT2D eigenvalue weighted by atomic mass is 16.7. The lowest BCUT2D eigenvalue weighted by Crippen LogP contribution is -2.27. The van der Waals surface area contributed by atoms with Gasteiger partial charge in [0.2, 0.25) is 0 Å². The third kappa shape index (κ3) is 4.09. The van der Waals surface area contributed by atoms with Crippen LogP contribution in [0, 0.1) is 5.92 Å². The summed E-state index contributed by atoms with van der Waals surface area (Å²) in [5.74, 6) is 0.0960. The molecule has 14 heavy (non-hydrogen) atoms. The van der Waals surface area contributed by atoms with Gasteiger partial charge in [0, 0.05) is 6.54 Å². The molecule has 0 bridgehead atoms. The van der Waals surface area contributed by atoms with Crippen LogP contribution < -0.4 is 5.48 Å². The van der Waals surface area contributed by atoms with Crippen LogP contribution in [0.15, 0.2) is 0 Å². The summed E-state index contributed by atoms with van der Waals surface area (Å²) in [6, 6.07) is 0. The lowest BCUT2D eigenvalue weighted by molar-refractivity contribution is -0.157. The summed E-state index contributed by atoms with van der Waals surface area (Å²) in [6.07, 6.45) is 7.81. The van der Waals surface area contributed by atoms with E-state index in [0.717, 1.165) is 32.2 Å². The van der Waals surface area contributed by atoms with Crippen molar-refractivity contribution in [2.24, 2.45) is 5.92 Å². The number of rotatable bonds is 5. The van der Waals surface area contributed by atoms with E-state index < -0.39 is 0 Å². The van der Waals surface area contributed by atoms with E-state index in [2.05, 4.69) is 12.4 Å². The van der Waals surface area contributed by atoms with Crippen molar-refractivity contribution in [3.63, 3.8) is 0 Å². The lowest BCUT2D eigenvalue weighted by Gasteiger charge is -2.19. The minimum absolute atomic E-state index is 0.0548. The average molecular weight is 199 g/mol. The Morgan fingerprint density at radius 2 is 2.07 bits per heavy atom. The Labute approximate surface area is 86.2 Å². The minimum Gasteiger partial charge on any atom is -0.370 e. The molecular weight excluding hydrogens is 178 g/mol. The second-order valence-electron chi connectivity index (χ2n) is 4.00. The maximum absolute atomic E-state index is 11.5. The molecule has 1 rings (SSSR count). The van der Waals surface area contributed by atoms with Crippen LogP contribution >= 0.6 is 0 Å². The molecular formula is C11H21NO2. The van der Waals surface area contributed by atoms with Crippen molar-refractivity contribution in [1.29, 1.82) is 0 Å². The summed E-state index contributed by atoms with van der Waals surface area (Å²) >= 11 is 0. The van der Waals surface area contributed by atoms with E-state index in [1.807, 2.05) is 0 Å². The van der Waals surface area contributed by atoms with Gasteiger partial charge in [0.1, 0.15) is 0 Å². The second-order valence-corrected chi connectivity index (χ2v) is 4.00. The number of hydrogen-bond acceptors (Lipinski definition) is 3. The Morgan fingerprint density at radius 3 is 2.71 bits per heavy atom. The van der Waals surface area contributed by atoms with E-state index in [1.165, 1.54) is 19.3 Å². The quantitative estimate of drug-likeness (QED) is 0.546. The molecule has 1 fully saturated rings. The Bertz CT molecular complexity index is 165. The first-order valence-electron chi connectivity index (χ1n) is 5.78. The second kappa shape index (κ2) is 6.82. The molecule has 3 nitrogen and oxygen atoms in total. The number of hydrogen-bond donors (Lipinski definition) is 1. The molecule has 1 N–H and O–H groups in total. The SMILES string of the molecule is CCCCNOC(=O)C1CCCCC1. The molecule has 0 aromatic heterocycles. The molecule has 0 aromatic rings. The van der Waals surface area contributed by atoms with Gasteiger partial charge in [-0.2, -0.15) is 5.48 Å². The van der Waals surface area contributed by atoms with Crippen LogP contribution in [0.5, 0.6) is 0 Å². The normalized spacial score (nSPS) is 18.1. The third-order valence-electron chi connectivity index (χ3n) is 2.74. The van der Waals surface area contributed by atoms with Crippen molar-refractivity contribution >= 4 is 5.97 Å². The first-order chi connectivity index (χ1) is 6.84. The molecule has 1 aliphatic rings. The van der Waals surface area contributed by atoms with Gasteiger partial charge in [-0.25, -0.2) is 0 Å². The van der Waals surface area contributed by atoms with Gasteiger partial charge in [0.15, 0.2) is 0 Å². The zero-order valence-electron chi connectivity index (χ0n) is 9.05. The zero-order chi connectivity index (χ0) is 10.2. The monoisotopic (exact) mass is 199 g/mol. The molecule has 0 aliphatic heterocycles. The van der Waals surface area contributed by atoms with E-state index in [-0.39, 0.29) is 11.9 Å². The van der Waals surface area contributed by atoms with Gasteiger partial charge in [-0.1, -0.05) is 32.6 Å². The van der Waals surface area contributed by atoms with Gasteiger partial charge in [-0.3, -0.25) is 4.79 Å². The molecule has 0 spiro atoms. The highest BCUT2D eigenvalue weighted by Gasteiger charge is 2.22. The van der Waals surface area contributed by atoms with Crippen LogP contribution in [0.3, 0.4) is 0 Å². The van der Waals surface area contributed by atoms with Crippen LogP contribution in [-0.4, -0.2) is 12.5 Å². The summed E-state index contributed by atoms with van der Waals surface area (Å²) in [5.41, 5.74) is 2.73. The smallest absolute Gasteiger partial charge is 0.327 e. The molecule has 0 amide bonds. The standard InChI is InChI=1S/C11H21NO2/c1-2-3-9-12-14-11(13)10-7-5-4-6-8-10/h10,12H,2-9H2,1H3. The number of carbonyl (C=O) groups is 1. The van der Waals surface area contributed by atoms with Gasteiger partial charge < -0.3 is 4.84 Å². The predicted molar refractivity (Wildman–Crippen MR) is 55.6 cm³/mol. The summed E-state index contributed by atoms with van der Waals surface area (Å²) in [4.78, 5) is 16.5. The summed E-state index contributed by atoms with van der Waals surface area (Å²) in [6.45, 7) is 2.89. The van der Waals surface area contributed by atoms with Crippen molar-refractivity contribution in [3.8, 4) is 0 Å². The fourth-order valence-electron chi connectivity index (χ4n) is 1.79. The molecule has 1 saturated carbocycles. The highest BCUT2D eigenvalue weighted by Crippen LogP contribution is 2.24. The lowest BCUT2D eigenvalue weighted by atomic mass is 9.89. The molecule has 1 aliphatic carbocycles. The fraction of sp³-hybridized carbons (Fsp3) is 0.909. The minimum atomic E-state index is -0.0548. The molecule has 0 atom stereocenters. The van der Waals surface area contributed by atoms with Crippen LogP contribution in [0.1, 0.15) is 51.9 Å². The molecule has 82 valence electrons. The summed E-state index contributed by atoms with van der Waals surface area (Å²) in [7, 11) is 0. The van der Waals surface area contributed by atoms with E-state index in [0.29, 0.717) is 0 Å². The Balaban J connectivity index is 2.07. The van der Waals surface area contributed by atoms with E-state index in [9.17, 15) is 4.79 Å². The number of nitrogens with one attached hydrogen (secondary N) is 1. The largest absolute Gasteiger partial charge is 0.370 e. The maximum Gasteiger partial charge on any atom is 0.327 e. The van der Waals surface area contributed by atoms with Gasteiger partial charge in [0.25, 0.3) is 0 Å². The van der Waals surface area contributed by atoms with E-state index in [1.54, 1.807) is 0 Å². The predicted octanol–water partition coefficient (Wildman–Crippen LogP) is 2.41. The van der Waals surface area contributed by atoms with E-state index in [4.69, 9.17) is 4.84 Å². The Hall–Kier alpha value is -0.570. The van der Waals surface area contributed by atoms with Crippen molar-refractivity contribution in [2.45, 2.75) is 51.9 Å².